The highest BCUT2D eigenvalue weighted by Gasteiger charge is 2.15. The number of para-hydroxylation sites is 1. The van der Waals surface area contributed by atoms with Crippen LogP contribution in [-0.4, -0.2) is 13.1 Å². The van der Waals surface area contributed by atoms with Crippen LogP contribution < -0.4 is 9.90 Å². The molecule has 0 spiro atoms. The van der Waals surface area contributed by atoms with Crippen LogP contribution in [0.1, 0.15) is 25.0 Å². The van der Waals surface area contributed by atoms with E-state index < -0.39 is 0 Å². The average Bonchev–Trinajstić information content (AvgIpc) is 2.18. The normalized spacial score (nSPS) is 10.6. The van der Waals surface area contributed by atoms with Crippen molar-refractivity contribution in [2.24, 2.45) is 0 Å². The van der Waals surface area contributed by atoms with Crippen molar-refractivity contribution in [1.29, 1.82) is 0 Å². The highest BCUT2D eigenvalue weighted by atomic mass is 16.7. The number of hydrogen-bond acceptors (Lipinski definition) is 2. The zero-order chi connectivity index (χ0) is 10.6. The van der Waals surface area contributed by atoms with E-state index in [0.29, 0.717) is 0 Å². The lowest BCUT2D eigenvalue weighted by Gasteiger charge is -2.10. The van der Waals surface area contributed by atoms with Gasteiger partial charge >= 0.3 is 0 Å². The second kappa shape index (κ2) is 5.01. The van der Waals surface area contributed by atoms with Crippen molar-refractivity contribution in [1.82, 2.24) is 5.06 Å². The maximum absolute atomic E-state index is 5.81. The first-order valence-electron chi connectivity index (χ1n) is 5.18. The van der Waals surface area contributed by atoms with Gasteiger partial charge in [0.05, 0.1) is 0 Å². The number of aryl methyl sites for hydroxylation is 2. The Hall–Kier alpha value is -1.02. The van der Waals surface area contributed by atoms with Crippen molar-refractivity contribution in [3.8, 4) is 5.75 Å². The summed E-state index contributed by atoms with van der Waals surface area (Å²) >= 11 is 0. The third kappa shape index (κ3) is 2.48. The fourth-order valence-corrected chi connectivity index (χ4v) is 1.42. The molecule has 0 heterocycles. The zero-order valence-corrected chi connectivity index (χ0v) is 9.50. The van der Waals surface area contributed by atoms with Gasteiger partial charge in [0, 0.05) is 5.06 Å². The van der Waals surface area contributed by atoms with Gasteiger partial charge in [-0.1, -0.05) is 18.2 Å². The van der Waals surface area contributed by atoms with Gasteiger partial charge in [-0.25, -0.2) is 0 Å². The number of rotatable bonds is 4. The van der Waals surface area contributed by atoms with Gasteiger partial charge < -0.3 is 0 Å². The van der Waals surface area contributed by atoms with Gasteiger partial charge in [0.25, 0.3) is 0 Å². The summed E-state index contributed by atoms with van der Waals surface area (Å²) in [6, 6.07) is 6.21. The van der Waals surface area contributed by atoms with E-state index in [-0.39, 0.29) is 0 Å². The van der Waals surface area contributed by atoms with Gasteiger partial charge in [-0.15, -0.1) is 0 Å². The Morgan fingerprint density at radius 1 is 1.07 bits per heavy atom. The van der Waals surface area contributed by atoms with Crippen LogP contribution in [0.2, 0.25) is 0 Å². The molecule has 0 fully saturated rings. The van der Waals surface area contributed by atoms with E-state index in [9.17, 15) is 0 Å². The monoisotopic (exact) mass is 193 g/mol. The minimum Gasteiger partial charge on any atom is -0.260 e. The molecule has 0 amide bonds. The molecular formula is C12H19NO+. The maximum atomic E-state index is 5.81. The van der Waals surface area contributed by atoms with E-state index in [2.05, 4.69) is 45.9 Å². The van der Waals surface area contributed by atoms with Gasteiger partial charge in [0.1, 0.15) is 0 Å². The van der Waals surface area contributed by atoms with E-state index in [4.69, 9.17) is 4.84 Å². The van der Waals surface area contributed by atoms with Crippen LogP contribution in [0.5, 0.6) is 5.75 Å². The molecule has 1 rings (SSSR count). The quantitative estimate of drug-likeness (QED) is 0.530. The Morgan fingerprint density at radius 2 is 1.57 bits per heavy atom. The summed E-state index contributed by atoms with van der Waals surface area (Å²) in [5, 5.41) is 1.95. The van der Waals surface area contributed by atoms with Gasteiger partial charge in [0.2, 0.25) is 5.75 Å². The second-order valence-electron chi connectivity index (χ2n) is 3.43. The molecule has 14 heavy (non-hydrogen) atoms. The van der Waals surface area contributed by atoms with Crippen molar-refractivity contribution in [2.75, 3.05) is 13.1 Å². The molecule has 0 aliphatic rings. The van der Waals surface area contributed by atoms with Gasteiger partial charge in [-0.3, -0.25) is 4.84 Å². The predicted molar refractivity (Wildman–Crippen MR) is 59.8 cm³/mol. The molecule has 0 unspecified atom stereocenters. The molecule has 0 saturated carbocycles. The van der Waals surface area contributed by atoms with Gasteiger partial charge in [-0.05, 0) is 38.8 Å². The van der Waals surface area contributed by atoms with Crippen molar-refractivity contribution < 1.29 is 4.84 Å². The fourth-order valence-electron chi connectivity index (χ4n) is 1.42. The lowest BCUT2D eigenvalue weighted by Crippen LogP contribution is -2.33. The maximum Gasteiger partial charge on any atom is 0.203 e. The smallest absolute Gasteiger partial charge is 0.203 e. The van der Waals surface area contributed by atoms with E-state index >= 15 is 0 Å². The predicted octanol–water partition coefficient (Wildman–Crippen LogP) is 2.78. The first kappa shape index (κ1) is 11.1. The van der Waals surface area contributed by atoms with Crippen LogP contribution in [0.4, 0.5) is 0 Å². The Bertz CT molecular complexity index is 272. The van der Waals surface area contributed by atoms with Gasteiger partial charge in [0.15, 0.2) is 13.1 Å². The molecule has 1 radical (unpaired) electrons. The van der Waals surface area contributed by atoms with Crippen LogP contribution in [-0.2, 0) is 0 Å². The molecule has 0 N–H and O–H groups in total. The topological polar surface area (TPSA) is 15.1 Å². The molecule has 0 aliphatic heterocycles. The molecule has 0 saturated heterocycles. The van der Waals surface area contributed by atoms with E-state index in [1.54, 1.807) is 0 Å². The Kier molecular flexibility index (Phi) is 3.96. The van der Waals surface area contributed by atoms with Crippen LogP contribution in [0.25, 0.3) is 0 Å². The summed E-state index contributed by atoms with van der Waals surface area (Å²) in [5.41, 5.74) is 2.38. The summed E-state index contributed by atoms with van der Waals surface area (Å²) in [5.74, 6) is 0.996. The van der Waals surface area contributed by atoms with Gasteiger partial charge in [-0.2, -0.15) is 0 Å². The summed E-state index contributed by atoms with van der Waals surface area (Å²) in [6.45, 7) is 10.2. The molecule has 77 valence electrons. The van der Waals surface area contributed by atoms with Crippen molar-refractivity contribution in [2.45, 2.75) is 27.7 Å². The largest absolute Gasteiger partial charge is 0.260 e. The van der Waals surface area contributed by atoms with E-state index in [1.807, 2.05) is 5.06 Å². The summed E-state index contributed by atoms with van der Waals surface area (Å²) in [6.07, 6.45) is 0. The fraction of sp³-hybridized carbons (Fsp3) is 0.500. The summed E-state index contributed by atoms with van der Waals surface area (Å²) in [4.78, 5) is 5.81. The molecule has 1 aromatic rings. The highest BCUT2D eigenvalue weighted by Crippen LogP contribution is 2.22. The Morgan fingerprint density at radius 3 is 2.00 bits per heavy atom. The lowest BCUT2D eigenvalue weighted by molar-refractivity contribution is 0.0542. The molecule has 2 heteroatoms. The van der Waals surface area contributed by atoms with Crippen molar-refractivity contribution in [3.63, 3.8) is 0 Å². The third-order valence-electron chi connectivity index (χ3n) is 2.33. The average molecular weight is 193 g/mol. The Balaban J connectivity index is 2.84. The molecule has 0 atom stereocenters. The molecule has 1 aromatic carbocycles. The molecular weight excluding hydrogens is 174 g/mol. The van der Waals surface area contributed by atoms with Crippen LogP contribution >= 0.6 is 0 Å². The highest BCUT2D eigenvalue weighted by molar-refractivity contribution is 5.39. The number of hydrogen-bond donors (Lipinski definition) is 0. The first-order chi connectivity index (χ1) is 6.69. The SMILES string of the molecule is CC[N+](CC)Oc1c(C)cccc1C. The van der Waals surface area contributed by atoms with Crippen molar-refractivity contribution >= 4 is 0 Å². The standard InChI is InChI=1S/C12H19NO/c1-5-13(6-2)14-12-10(3)8-7-9-11(12)4/h7-9H,5-6H2,1-4H3/q+1. The van der Waals surface area contributed by atoms with E-state index in [0.717, 1.165) is 18.8 Å². The summed E-state index contributed by atoms with van der Waals surface area (Å²) < 4.78 is 0. The molecule has 0 aliphatic carbocycles. The van der Waals surface area contributed by atoms with Crippen molar-refractivity contribution in [3.05, 3.63) is 29.3 Å². The van der Waals surface area contributed by atoms with Crippen LogP contribution in [0.3, 0.4) is 0 Å². The molecule has 2 nitrogen and oxygen atoms in total. The van der Waals surface area contributed by atoms with E-state index in [1.165, 1.54) is 11.1 Å². The molecule has 0 bridgehead atoms. The number of nitrogens with zero attached hydrogens (tertiary/aromatic N) is 1. The number of hydroxylamine groups is 2. The lowest BCUT2D eigenvalue weighted by atomic mass is 10.1. The summed E-state index contributed by atoms with van der Waals surface area (Å²) in [7, 11) is 0. The molecule has 0 aromatic heterocycles. The third-order valence-corrected chi connectivity index (χ3v) is 2.33. The minimum absolute atomic E-state index is 0.907. The zero-order valence-electron chi connectivity index (χ0n) is 9.50. The van der Waals surface area contributed by atoms with Crippen LogP contribution in [0, 0.1) is 13.8 Å². The minimum atomic E-state index is 0.907. The number of benzene rings is 1. The second-order valence-corrected chi connectivity index (χ2v) is 3.43. The Labute approximate surface area is 86.4 Å². The van der Waals surface area contributed by atoms with Crippen LogP contribution in [0.15, 0.2) is 18.2 Å². The first-order valence-corrected chi connectivity index (χ1v) is 5.18.